The standard InChI is InChI=1S/C16H17Cl2NO3/c1-10(22-15(20)6-11-4-2-3-5-11)16(21)19-14-8-12(17)7-13(18)9-14/h2,4,7-11H,3,5-6H2,1H3,(H,19,21)/t10-,11+/m0/s1. The lowest BCUT2D eigenvalue weighted by Crippen LogP contribution is -2.30. The molecule has 0 bridgehead atoms. The van der Waals surface area contributed by atoms with Gasteiger partial charge in [-0.05, 0) is 43.9 Å². The second-order valence-electron chi connectivity index (χ2n) is 5.25. The monoisotopic (exact) mass is 341 g/mol. The fraction of sp³-hybridized carbons (Fsp3) is 0.375. The molecule has 6 heteroatoms. The smallest absolute Gasteiger partial charge is 0.307 e. The van der Waals surface area contributed by atoms with Crippen molar-refractivity contribution in [2.75, 3.05) is 5.32 Å². The number of hydrogen-bond acceptors (Lipinski definition) is 3. The molecule has 2 rings (SSSR count). The van der Waals surface area contributed by atoms with Crippen molar-refractivity contribution in [1.82, 2.24) is 0 Å². The number of rotatable bonds is 5. The molecule has 0 radical (unpaired) electrons. The second-order valence-corrected chi connectivity index (χ2v) is 6.12. The normalized spacial score (nSPS) is 18.0. The molecular formula is C16H17Cl2NO3. The van der Waals surface area contributed by atoms with Gasteiger partial charge in [-0.3, -0.25) is 9.59 Å². The van der Waals surface area contributed by atoms with Crippen LogP contribution in [0.4, 0.5) is 5.69 Å². The van der Waals surface area contributed by atoms with E-state index in [-0.39, 0.29) is 11.9 Å². The van der Waals surface area contributed by atoms with Crippen molar-refractivity contribution < 1.29 is 14.3 Å². The van der Waals surface area contributed by atoms with E-state index in [1.165, 1.54) is 6.92 Å². The van der Waals surface area contributed by atoms with Gasteiger partial charge >= 0.3 is 5.97 Å². The summed E-state index contributed by atoms with van der Waals surface area (Å²) in [6, 6.07) is 4.71. The lowest BCUT2D eigenvalue weighted by Gasteiger charge is -2.15. The lowest BCUT2D eigenvalue weighted by atomic mass is 10.1. The maximum atomic E-state index is 12.0. The molecular weight excluding hydrogens is 325 g/mol. The SMILES string of the molecule is C[C@H](OC(=O)C[C@@H]1C=CCC1)C(=O)Nc1cc(Cl)cc(Cl)c1. The first-order valence-electron chi connectivity index (χ1n) is 7.07. The molecule has 1 aromatic carbocycles. The first-order valence-corrected chi connectivity index (χ1v) is 7.83. The number of halogens is 2. The number of hydrogen-bond donors (Lipinski definition) is 1. The van der Waals surface area contributed by atoms with Crippen LogP contribution in [0, 0.1) is 5.92 Å². The average Bonchev–Trinajstić information content (AvgIpc) is 2.89. The van der Waals surface area contributed by atoms with Gasteiger partial charge in [0.2, 0.25) is 0 Å². The van der Waals surface area contributed by atoms with Crippen LogP contribution in [0.3, 0.4) is 0 Å². The van der Waals surface area contributed by atoms with Gasteiger partial charge in [-0.1, -0.05) is 35.4 Å². The molecule has 0 aromatic heterocycles. The van der Waals surface area contributed by atoms with E-state index >= 15 is 0 Å². The molecule has 0 heterocycles. The van der Waals surface area contributed by atoms with Gasteiger partial charge in [0.05, 0.1) is 6.42 Å². The average molecular weight is 342 g/mol. The molecule has 1 N–H and O–H groups in total. The van der Waals surface area contributed by atoms with Crippen LogP contribution in [0.2, 0.25) is 10.0 Å². The van der Waals surface area contributed by atoms with Crippen molar-refractivity contribution in [3.63, 3.8) is 0 Å². The van der Waals surface area contributed by atoms with Crippen molar-refractivity contribution in [3.05, 3.63) is 40.4 Å². The molecule has 0 fully saturated rings. The van der Waals surface area contributed by atoms with Crippen LogP contribution in [0.1, 0.15) is 26.2 Å². The van der Waals surface area contributed by atoms with Crippen LogP contribution >= 0.6 is 23.2 Å². The number of ether oxygens (including phenoxy) is 1. The summed E-state index contributed by atoms with van der Waals surface area (Å²) in [5.74, 6) is -0.577. The van der Waals surface area contributed by atoms with Crippen LogP contribution in [0.5, 0.6) is 0 Å². The third kappa shape index (κ3) is 5.04. The minimum Gasteiger partial charge on any atom is -0.453 e. The largest absolute Gasteiger partial charge is 0.453 e. The van der Waals surface area contributed by atoms with E-state index < -0.39 is 12.0 Å². The number of carbonyl (C=O) groups excluding carboxylic acids is 2. The Morgan fingerprint density at radius 2 is 2.00 bits per heavy atom. The highest BCUT2D eigenvalue weighted by molar-refractivity contribution is 6.35. The van der Waals surface area contributed by atoms with Crippen LogP contribution in [-0.2, 0) is 14.3 Å². The van der Waals surface area contributed by atoms with E-state index in [1.807, 2.05) is 6.08 Å². The summed E-state index contributed by atoms with van der Waals surface area (Å²) in [6.45, 7) is 1.53. The van der Waals surface area contributed by atoms with E-state index in [9.17, 15) is 9.59 Å². The number of amides is 1. The fourth-order valence-corrected chi connectivity index (χ4v) is 2.77. The van der Waals surface area contributed by atoms with E-state index in [0.717, 1.165) is 12.8 Å². The Morgan fingerprint density at radius 3 is 2.59 bits per heavy atom. The van der Waals surface area contributed by atoms with Crippen molar-refractivity contribution in [1.29, 1.82) is 0 Å². The van der Waals surface area contributed by atoms with Crippen LogP contribution in [0.25, 0.3) is 0 Å². The number of benzene rings is 1. The summed E-state index contributed by atoms with van der Waals surface area (Å²) in [5.41, 5.74) is 0.462. The third-order valence-corrected chi connectivity index (χ3v) is 3.79. The Balaban J connectivity index is 1.85. The van der Waals surface area contributed by atoms with Crippen LogP contribution in [0.15, 0.2) is 30.4 Å². The van der Waals surface area contributed by atoms with Gasteiger partial charge < -0.3 is 10.1 Å². The third-order valence-electron chi connectivity index (χ3n) is 3.35. The minimum absolute atomic E-state index is 0.217. The molecule has 0 spiro atoms. The summed E-state index contributed by atoms with van der Waals surface area (Å²) in [4.78, 5) is 23.8. The molecule has 0 saturated heterocycles. The highest BCUT2D eigenvalue weighted by Crippen LogP contribution is 2.23. The predicted octanol–water partition coefficient (Wildman–Crippen LogP) is 4.22. The fourth-order valence-electron chi connectivity index (χ4n) is 2.25. The number of carbonyl (C=O) groups is 2. The van der Waals surface area contributed by atoms with E-state index in [2.05, 4.69) is 11.4 Å². The Morgan fingerprint density at radius 1 is 1.32 bits per heavy atom. The molecule has 2 atom stereocenters. The van der Waals surface area contributed by atoms with Crippen molar-refractivity contribution >= 4 is 40.8 Å². The summed E-state index contributed by atoms with van der Waals surface area (Å²) >= 11 is 11.7. The van der Waals surface area contributed by atoms with Gasteiger partial charge in [0, 0.05) is 15.7 Å². The summed E-state index contributed by atoms with van der Waals surface area (Å²) < 4.78 is 5.16. The second kappa shape index (κ2) is 7.65. The zero-order valence-corrected chi connectivity index (χ0v) is 13.7. The maximum Gasteiger partial charge on any atom is 0.307 e. The zero-order chi connectivity index (χ0) is 16.1. The van der Waals surface area contributed by atoms with E-state index in [4.69, 9.17) is 27.9 Å². The first kappa shape index (κ1) is 16.8. The minimum atomic E-state index is -0.879. The van der Waals surface area contributed by atoms with Crippen LogP contribution < -0.4 is 5.32 Å². The van der Waals surface area contributed by atoms with Crippen molar-refractivity contribution in [2.24, 2.45) is 5.92 Å². The molecule has 118 valence electrons. The molecule has 1 aliphatic rings. The Bertz CT molecular complexity index is 581. The molecule has 0 unspecified atom stereocenters. The van der Waals surface area contributed by atoms with Gasteiger partial charge in [0.15, 0.2) is 6.10 Å². The highest BCUT2D eigenvalue weighted by atomic mass is 35.5. The summed E-state index contributed by atoms with van der Waals surface area (Å²) in [5, 5.41) is 3.46. The maximum absolute atomic E-state index is 12.0. The quantitative estimate of drug-likeness (QED) is 0.644. The van der Waals surface area contributed by atoms with Crippen molar-refractivity contribution in [3.8, 4) is 0 Å². The Kier molecular flexibility index (Phi) is 5.86. The molecule has 0 saturated carbocycles. The molecule has 4 nitrogen and oxygen atoms in total. The van der Waals surface area contributed by atoms with Gasteiger partial charge in [-0.25, -0.2) is 0 Å². The Labute approximate surface area is 139 Å². The van der Waals surface area contributed by atoms with Gasteiger partial charge in [-0.2, -0.15) is 0 Å². The van der Waals surface area contributed by atoms with Crippen LogP contribution in [-0.4, -0.2) is 18.0 Å². The number of esters is 1. The number of anilines is 1. The number of nitrogens with one attached hydrogen (secondary N) is 1. The number of allylic oxidation sites excluding steroid dienone is 2. The summed E-state index contributed by atoms with van der Waals surface area (Å²) in [7, 11) is 0. The van der Waals surface area contributed by atoms with E-state index in [0.29, 0.717) is 22.2 Å². The molecule has 22 heavy (non-hydrogen) atoms. The molecule has 1 aliphatic carbocycles. The van der Waals surface area contributed by atoms with Gasteiger partial charge in [-0.15, -0.1) is 0 Å². The van der Waals surface area contributed by atoms with Crippen molar-refractivity contribution in [2.45, 2.75) is 32.3 Å². The summed E-state index contributed by atoms with van der Waals surface area (Å²) in [6.07, 6.45) is 5.43. The van der Waals surface area contributed by atoms with Gasteiger partial charge in [0.1, 0.15) is 0 Å². The predicted molar refractivity (Wildman–Crippen MR) is 87.1 cm³/mol. The molecule has 0 aliphatic heterocycles. The Hall–Kier alpha value is -1.52. The first-order chi connectivity index (χ1) is 10.4. The topological polar surface area (TPSA) is 55.4 Å². The highest BCUT2D eigenvalue weighted by Gasteiger charge is 2.21. The molecule has 1 aromatic rings. The van der Waals surface area contributed by atoms with Gasteiger partial charge in [0.25, 0.3) is 5.91 Å². The molecule has 1 amide bonds. The van der Waals surface area contributed by atoms with E-state index in [1.54, 1.807) is 18.2 Å². The zero-order valence-electron chi connectivity index (χ0n) is 12.1. The lowest BCUT2D eigenvalue weighted by molar-refractivity contribution is -0.153.